The van der Waals surface area contributed by atoms with Crippen molar-refractivity contribution in [1.29, 1.82) is 0 Å². The second-order valence-electron chi connectivity index (χ2n) is 4.72. The average Bonchev–Trinajstić information content (AvgIpc) is 3.07. The van der Waals surface area contributed by atoms with Crippen LogP contribution < -0.4 is 4.57 Å². The summed E-state index contributed by atoms with van der Waals surface area (Å²) in [5.41, 5.74) is 4.88. The summed E-state index contributed by atoms with van der Waals surface area (Å²) >= 11 is 1.80. The lowest BCUT2D eigenvalue weighted by atomic mass is 10.2. The second-order valence-corrected chi connectivity index (χ2v) is 5.72. The quantitative estimate of drug-likeness (QED) is 0.402. The number of thiazole rings is 1. The predicted molar refractivity (Wildman–Crippen MR) is 73.1 cm³/mol. The highest BCUT2D eigenvalue weighted by atomic mass is 32.1. The van der Waals surface area contributed by atoms with Crippen LogP contribution in [0.4, 0.5) is 0 Å². The smallest absolute Gasteiger partial charge is 0.289 e. The lowest BCUT2D eigenvalue weighted by molar-refractivity contribution is -0.642. The molecule has 0 radical (unpaired) electrons. The topological polar surface area (TPSA) is 34.1 Å². The molecule has 0 saturated heterocycles. The summed E-state index contributed by atoms with van der Waals surface area (Å²) in [6.45, 7) is 0.919. The molecular formula is C14H9N4S+. The van der Waals surface area contributed by atoms with Gasteiger partial charge in [0.15, 0.2) is 12.2 Å². The molecule has 0 aliphatic carbocycles. The summed E-state index contributed by atoms with van der Waals surface area (Å²) in [5.74, 6) is 0. The number of aromatic nitrogens is 4. The molecule has 0 spiro atoms. The van der Waals surface area contributed by atoms with Crippen molar-refractivity contribution in [2.24, 2.45) is 0 Å². The van der Waals surface area contributed by atoms with Crippen LogP contribution in [0, 0.1) is 0 Å². The van der Waals surface area contributed by atoms with Gasteiger partial charge < -0.3 is 4.40 Å². The zero-order valence-electron chi connectivity index (χ0n) is 9.95. The zero-order valence-corrected chi connectivity index (χ0v) is 10.8. The van der Waals surface area contributed by atoms with Crippen molar-refractivity contribution in [3.63, 3.8) is 0 Å². The third-order valence-electron chi connectivity index (χ3n) is 3.67. The molecule has 90 valence electrons. The van der Waals surface area contributed by atoms with E-state index >= 15 is 0 Å². The Morgan fingerprint density at radius 3 is 3.32 bits per heavy atom. The van der Waals surface area contributed by atoms with Gasteiger partial charge in [0.2, 0.25) is 5.52 Å². The largest absolute Gasteiger partial charge is 0.313 e. The lowest BCUT2D eigenvalue weighted by Crippen LogP contribution is -2.29. The molecule has 0 amide bonds. The first kappa shape index (κ1) is 9.63. The van der Waals surface area contributed by atoms with Gasteiger partial charge in [-0.05, 0) is 12.1 Å². The normalized spacial score (nSPS) is 13.1. The number of hydrogen-bond donors (Lipinski definition) is 0. The van der Waals surface area contributed by atoms with Gasteiger partial charge >= 0.3 is 0 Å². The van der Waals surface area contributed by atoms with Gasteiger partial charge in [0.05, 0.1) is 23.5 Å². The lowest BCUT2D eigenvalue weighted by Gasteiger charge is -1.90. The van der Waals surface area contributed by atoms with Gasteiger partial charge in [0, 0.05) is 18.6 Å². The van der Waals surface area contributed by atoms with Gasteiger partial charge in [-0.25, -0.2) is 4.98 Å². The van der Waals surface area contributed by atoms with E-state index in [1.807, 2.05) is 30.9 Å². The first-order chi connectivity index (χ1) is 9.42. The molecule has 0 fully saturated rings. The summed E-state index contributed by atoms with van der Waals surface area (Å²) < 4.78 is 5.78. The second kappa shape index (κ2) is 3.19. The summed E-state index contributed by atoms with van der Waals surface area (Å²) in [5, 5.41) is 1.26. The molecule has 4 aromatic heterocycles. The van der Waals surface area contributed by atoms with Crippen LogP contribution in [0.2, 0.25) is 0 Å². The van der Waals surface area contributed by atoms with Gasteiger partial charge in [0.25, 0.3) is 5.01 Å². The first-order valence-electron chi connectivity index (χ1n) is 6.13. The predicted octanol–water partition coefficient (Wildman–Crippen LogP) is 2.26. The van der Waals surface area contributed by atoms with Crippen molar-refractivity contribution in [3.05, 3.63) is 48.7 Å². The Kier molecular flexibility index (Phi) is 1.62. The van der Waals surface area contributed by atoms with Gasteiger partial charge in [-0.2, -0.15) is 4.57 Å². The van der Waals surface area contributed by atoms with Gasteiger partial charge in [-0.1, -0.05) is 11.3 Å². The monoisotopic (exact) mass is 265 g/mol. The number of fused-ring (bicyclic) bond motifs is 7. The fourth-order valence-electron chi connectivity index (χ4n) is 2.80. The number of hydrogen-bond acceptors (Lipinski definition) is 3. The Hall–Kier alpha value is -2.27. The van der Waals surface area contributed by atoms with Gasteiger partial charge in [-0.15, -0.1) is 0 Å². The fraction of sp³-hybridized carbons (Fsp3) is 0.0714. The van der Waals surface area contributed by atoms with Crippen LogP contribution in [-0.2, 0) is 6.54 Å². The van der Waals surface area contributed by atoms with E-state index in [0.29, 0.717) is 0 Å². The van der Waals surface area contributed by atoms with Crippen LogP contribution in [0.3, 0.4) is 0 Å². The number of pyridine rings is 1. The highest BCUT2D eigenvalue weighted by molar-refractivity contribution is 7.22. The number of rotatable bonds is 0. The maximum Gasteiger partial charge on any atom is 0.289 e. The molecule has 5 rings (SSSR count). The number of nitrogens with zero attached hydrogens (tertiary/aromatic N) is 4. The van der Waals surface area contributed by atoms with E-state index in [1.165, 1.54) is 26.3 Å². The maximum absolute atomic E-state index is 4.52. The van der Waals surface area contributed by atoms with E-state index < -0.39 is 0 Å². The average molecular weight is 265 g/mol. The van der Waals surface area contributed by atoms with Crippen molar-refractivity contribution in [2.45, 2.75) is 6.54 Å². The van der Waals surface area contributed by atoms with Crippen LogP contribution in [0.25, 0.3) is 26.4 Å². The van der Waals surface area contributed by atoms with E-state index in [2.05, 4.69) is 31.2 Å². The Morgan fingerprint density at radius 1 is 1.32 bits per heavy atom. The molecule has 0 atom stereocenters. The van der Waals surface area contributed by atoms with Crippen molar-refractivity contribution < 1.29 is 4.57 Å². The zero-order chi connectivity index (χ0) is 12.4. The van der Waals surface area contributed by atoms with Crippen molar-refractivity contribution in [3.8, 4) is 10.7 Å². The van der Waals surface area contributed by atoms with E-state index in [4.69, 9.17) is 0 Å². The Labute approximate surface area is 112 Å². The molecule has 0 saturated carbocycles. The third kappa shape index (κ3) is 1.11. The molecular weight excluding hydrogens is 256 g/mol. The summed E-state index contributed by atoms with van der Waals surface area (Å²) in [6.07, 6.45) is 9.78. The Balaban J connectivity index is 1.93. The standard InChI is InChI=1S/C14H9N4S/c1-2-9-7-18-11-8-17-5-4-15-6-10(17)13(11)19-14(18)12(9)16-3-1/h1-6,8H,7H2/q+1. The molecule has 5 heteroatoms. The minimum absolute atomic E-state index is 0.919. The molecule has 19 heavy (non-hydrogen) atoms. The Morgan fingerprint density at radius 2 is 2.32 bits per heavy atom. The molecule has 4 nitrogen and oxygen atoms in total. The third-order valence-corrected chi connectivity index (χ3v) is 4.90. The fourth-order valence-corrected chi connectivity index (χ4v) is 4.08. The summed E-state index contributed by atoms with van der Waals surface area (Å²) in [4.78, 5) is 8.75. The molecule has 0 aromatic carbocycles. The molecule has 1 aliphatic heterocycles. The Bertz CT molecular complexity index is 951. The molecule has 0 N–H and O–H groups in total. The van der Waals surface area contributed by atoms with Gasteiger partial charge in [0.1, 0.15) is 4.70 Å². The van der Waals surface area contributed by atoms with Crippen LogP contribution in [-0.4, -0.2) is 14.4 Å². The van der Waals surface area contributed by atoms with Crippen molar-refractivity contribution in [2.75, 3.05) is 0 Å². The molecule has 0 unspecified atom stereocenters. The summed E-state index contributed by atoms with van der Waals surface area (Å²) in [7, 11) is 0. The van der Waals surface area contributed by atoms with Crippen LogP contribution >= 0.6 is 11.3 Å². The van der Waals surface area contributed by atoms with E-state index in [0.717, 1.165) is 12.2 Å². The van der Waals surface area contributed by atoms with E-state index in [9.17, 15) is 0 Å². The molecule has 0 bridgehead atoms. The highest BCUT2D eigenvalue weighted by Crippen LogP contribution is 2.36. The van der Waals surface area contributed by atoms with Crippen LogP contribution in [0.1, 0.15) is 5.56 Å². The van der Waals surface area contributed by atoms with Gasteiger partial charge in [-0.3, -0.25) is 4.98 Å². The van der Waals surface area contributed by atoms with E-state index in [1.54, 1.807) is 11.3 Å². The first-order valence-corrected chi connectivity index (χ1v) is 6.95. The minimum atomic E-state index is 0.919. The summed E-state index contributed by atoms with van der Waals surface area (Å²) in [6, 6.07) is 4.17. The van der Waals surface area contributed by atoms with Crippen LogP contribution in [0.15, 0.2) is 43.1 Å². The van der Waals surface area contributed by atoms with Crippen LogP contribution in [0.5, 0.6) is 0 Å². The maximum atomic E-state index is 4.52. The minimum Gasteiger partial charge on any atom is -0.313 e. The molecule has 1 aliphatic rings. The molecule has 4 aromatic rings. The SMILES string of the molecule is c1cnc2c(c1)C[n+]1c-2sc2c3cnccn3cc21. The molecule has 5 heterocycles. The van der Waals surface area contributed by atoms with Crippen molar-refractivity contribution >= 4 is 27.1 Å². The highest BCUT2D eigenvalue weighted by Gasteiger charge is 2.33. The van der Waals surface area contributed by atoms with Crippen molar-refractivity contribution in [1.82, 2.24) is 14.4 Å². The van der Waals surface area contributed by atoms with E-state index in [-0.39, 0.29) is 0 Å².